The number of rotatable bonds is 5. The van der Waals surface area contributed by atoms with Crippen molar-refractivity contribution in [2.75, 3.05) is 12.4 Å². The highest BCUT2D eigenvalue weighted by Gasteiger charge is 1.97. The average Bonchev–Trinajstić information content (AvgIpc) is 2.24. The molecule has 0 aliphatic rings. The average molecular weight is 224 g/mol. The Morgan fingerprint density at radius 3 is 2.93 bits per heavy atom. The predicted molar refractivity (Wildman–Crippen MR) is 64.5 cm³/mol. The van der Waals surface area contributed by atoms with Gasteiger partial charge >= 0.3 is 0 Å². The van der Waals surface area contributed by atoms with Crippen molar-refractivity contribution in [2.45, 2.75) is 20.3 Å². The Morgan fingerprint density at radius 2 is 2.27 bits per heavy atom. The maximum Gasteiger partial charge on any atom is 0.185 e. The number of benzene rings is 1. The second-order valence-corrected chi connectivity index (χ2v) is 4.46. The van der Waals surface area contributed by atoms with E-state index in [1.165, 1.54) is 17.3 Å². The minimum Gasteiger partial charge on any atom is -0.493 e. The Balaban J connectivity index is 2.33. The molecule has 1 aromatic carbocycles. The summed E-state index contributed by atoms with van der Waals surface area (Å²) in [6.07, 6.45) is 1.01. The normalized spacial score (nSPS) is 10.0. The highest BCUT2D eigenvalue weighted by Crippen LogP contribution is 2.14. The summed E-state index contributed by atoms with van der Waals surface area (Å²) in [6.45, 7) is 4.27. The number of hydrogen-bond acceptors (Lipinski definition) is 3. The van der Waals surface area contributed by atoms with Crippen LogP contribution >= 0.6 is 11.8 Å². The van der Waals surface area contributed by atoms with E-state index < -0.39 is 0 Å². The lowest BCUT2D eigenvalue weighted by Crippen LogP contribution is -2.01. The van der Waals surface area contributed by atoms with Crippen LogP contribution in [0.1, 0.15) is 19.4 Å². The molecule has 0 saturated carbocycles. The van der Waals surface area contributed by atoms with Gasteiger partial charge < -0.3 is 4.74 Å². The topological polar surface area (TPSA) is 26.3 Å². The van der Waals surface area contributed by atoms with Crippen LogP contribution in [0.4, 0.5) is 0 Å². The molecule has 0 fully saturated rings. The van der Waals surface area contributed by atoms with Gasteiger partial charge in [0.05, 0.1) is 6.61 Å². The highest BCUT2D eigenvalue weighted by molar-refractivity contribution is 8.13. The van der Waals surface area contributed by atoms with Gasteiger partial charge in [0, 0.05) is 12.7 Å². The van der Waals surface area contributed by atoms with Crippen LogP contribution < -0.4 is 4.74 Å². The Morgan fingerprint density at radius 1 is 1.47 bits per heavy atom. The minimum atomic E-state index is 0.140. The fraction of sp³-hybridized carbons (Fsp3) is 0.417. The van der Waals surface area contributed by atoms with Crippen molar-refractivity contribution in [3.05, 3.63) is 29.8 Å². The zero-order chi connectivity index (χ0) is 11.1. The Bertz CT molecular complexity index is 323. The molecular weight excluding hydrogens is 208 g/mol. The Kier molecular flexibility index (Phi) is 5.26. The van der Waals surface area contributed by atoms with Crippen molar-refractivity contribution < 1.29 is 9.53 Å². The summed E-state index contributed by atoms with van der Waals surface area (Å²) < 4.78 is 5.53. The molecule has 0 saturated heterocycles. The quantitative estimate of drug-likeness (QED) is 0.719. The van der Waals surface area contributed by atoms with E-state index in [0.29, 0.717) is 12.4 Å². The molecule has 82 valence electrons. The molecule has 1 aromatic rings. The third-order valence-electron chi connectivity index (χ3n) is 1.96. The molecule has 0 aliphatic carbocycles. The first kappa shape index (κ1) is 12.1. The SMILES string of the molecule is CCc1cccc(OCCSC(C)=O)c1. The fourth-order valence-electron chi connectivity index (χ4n) is 1.20. The van der Waals surface area contributed by atoms with Crippen LogP contribution in [-0.2, 0) is 11.2 Å². The van der Waals surface area contributed by atoms with E-state index in [-0.39, 0.29) is 5.12 Å². The van der Waals surface area contributed by atoms with Crippen molar-refractivity contribution in [1.29, 1.82) is 0 Å². The van der Waals surface area contributed by atoms with Crippen LogP contribution in [0.15, 0.2) is 24.3 Å². The molecule has 0 atom stereocenters. The number of ether oxygens (including phenoxy) is 1. The number of thioether (sulfide) groups is 1. The molecule has 0 radical (unpaired) electrons. The summed E-state index contributed by atoms with van der Waals surface area (Å²) in [7, 11) is 0. The van der Waals surface area contributed by atoms with Gasteiger partial charge in [-0.2, -0.15) is 0 Å². The number of carbonyl (C=O) groups excluding carboxylic acids is 1. The summed E-state index contributed by atoms with van der Waals surface area (Å²) in [5, 5.41) is 0.140. The molecule has 3 heteroatoms. The molecule has 0 unspecified atom stereocenters. The van der Waals surface area contributed by atoms with Gasteiger partial charge in [0.2, 0.25) is 0 Å². The van der Waals surface area contributed by atoms with Gasteiger partial charge in [-0.1, -0.05) is 30.8 Å². The molecule has 0 spiro atoms. The van der Waals surface area contributed by atoms with Crippen LogP contribution in [0.5, 0.6) is 5.75 Å². The predicted octanol–water partition coefficient (Wildman–Crippen LogP) is 2.91. The van der Waals surface area contributed by atoms with Crippen molar-refractivity contribution in [3.63, 3.8) is 0 Å². The third-order valence-corrected chi connectivity index (χ3v) is 2.74. The van der Waals surface area contributed by atoms with Crippen molar-refractivity contribution in [1.82, 2.24) is 0 Å². The maximum absolute atomic E-state index is 10.7. The maximum atomic E-state index is 10.7. The molecule has 0 heterocycles. The van der Waals surface area contributed by atoms with E-state index >= 15 is 0 Å². The third kappa shape index (κ3) is 4.88. The molecule has 0 N–H and O–H groups in total. The molecule has 15 heavy (non-hydrogen) atoms. The van der Waals surface area contributed by atoms with Gasteiger partial charge in [-0.05, 0) is 24.1 Å². The first-order valence-electron chi connectivity index (χ1n) is 5.07. The molecule has 0 bridgehead atoms. The lowest BCUT2D eigenvalue weighted by Gasteiger charge is -2.06. The van der Waals surface area contributed by atoms with E-state index in [2.05, 4.69) is 13.0 Å². The van der Waals surface area contributed by atoms with Crippen molar-refractivity contribution in [3.8, 4) is 5.75 Å². The lowest BCUT2D eigenvalue weighted by molar-refractivity contribution is -0.109. The van der Waals surface area contributed by atoms with Crippen LogP contribution in [0, 0.1) is 0 Å². The summed E-state index contributed by atoms with van der Waals surface area (Å²) in [6, 6.07) is 8.06. The number of aryl methyl sites for hydroxylation is 1. The number of hydrogen-bond donors (Lipinski definition) is 0. The number of carbonyl (C=O) groups is 1. The standard InChI is InChI=1S/C12H16O2S/c1-3-11-5-4-6-12(9-11)14-7-8-15-10(2)13/h4-6,9H,3,7-8H2,1-2H3. The van der Waals surface area contributed by atoms with E-state index in [9.17, 15) is 4.79 Å². The van der Waals surface area contributed by atoms with Crippen molar-refractivity contribution >= 4 is 16.9 Å². The van der Waals surface area contributed by atoms with Crippen LogP contribution in [0.25, 0.3) is 0 Å². The highest BCUT2D eigenvalue weighted by atomic mass is 32.2. The van der Waals surface area contributed by atoms with E-state index in [0.717, 1.165) is 12.2 Å². The Labute approximate surface area is 95.0 Å². The van der Waals surface area contributed by atoms with Gasteiger partial charge in [0.1, 0.15) is 5.75 Å². The fourth-order valence-corrected chi connectivity index (χ4v) is 1.65. The zero-order valence-corrected chi connectivity index (χ0v) is 9.97. The van der Waals surface area contributed by atoms with E-state index in [1.807, 2.05) is 18.2 Å². The van der Waals surface area contributed by atoms with Gasteiger partial charge in [0.15, 0.2) is 5.12 Å². The van der Waals surface area contributed by atoms with Gasteiger partial charge in [-0.25, -0.2) is 0 Å². The van der Waals surface area contributed by atoms with Gasteiger partial charge in [-0.15, -0.1) is 0 Å². The van der Waals surface area contributed by atoms with Crippen LogP contribution in [0.3, 0.4) is 0 Å². The first-order chi connectivity index (χ1) is 7.22. The van der Waals surface area contributed by atoms with Crippen molar-refractivity contribution in [2.24, 2.45) is 0 Å². The zero-order valence-electron chi connectivity index (χ0n) is 9.16. The van der Waals surface area contributed by atoms with Crippen LogP contribution in [0.2, 0.25) is 0 Å². The molecule has 0 amide bonds. The monoisotopic (exact) mass is 224 g/mol. The minimum absolute atomic E-state index is 0.140. The van der Waals surface area contributed by atoms with E-state index in [4.69, 9.17) is 4.74 Å². The molecule has 2 nitrogen and oxygen atoms in total. The first-order valence-corrected chi connectivity index (χ1v) is 6.06. The summed E-state index contributed by atoms with van der Waals surface area (Å²) >= 11 is 1.30. The largest absolute Gasteiger partial charge is 0.493 e. The Hall–Kier alpha value is -0.960. The second-order valence-electron chi connectivity index (χ2n) is 3.19. The van der Waals surface area contributed by atoms with Gasteiger partial charge in [-0.3, -0.25) is 4.79 Å². The molecular formula is C12H16O2S. The van der Waals surface area contributed by atoms with Crippen LogP contribution in [-0.4, -0.2) is 17.5 Å². The summed E-state index contributed by atoms with van der Waals surface area (Å²) in [4.78, 5) is 10.7. The second kappa shape index (κ2) is 6.51. The lowest BCUT2D eigenvalue weighted by atomic mass is 10.2. The van der Waals surface area contributed by atoms with Gasteiger partial charge in [0.25, 0.3) is 0 Å². The molecule has 1 rings (SSSR count). The summed E-state index contributed by atoms with van der Waals surface area (Å²) in [5.74, 6) is 1.60. The smallest absolute Gasteiger partial charge is 0.185 e. The molecule has 0 aromatic heterocycles. The summed E-state index contributed by atoms with van der Waals surface area (Å²) in [5.41, 5.74) is 1.27. The molecule has 0 aliphatic heterocycles. The van der Waals surface area contributed by atoms with E-state index in [1.54, 1.807) is 6.92 Å².